The Balaban J connectivity index is 1.81. The van der Waals surface area contributed by atoms with Crippen molar-refractivity contribution in [1.82, 2.24) is 10.2 Å². The minimum atomic E-state index is 0.610. The van der Waals surface area contributed by atoms with Crippen LogP contribution in [0.25, 0.3) is 0 Å². The fraction of sp³-hybridized carbons (Fsp3) is 0.533. The van der Waals surface area contributed by atoms with Gasteiger partial charge < -0.3 is 10.2 Å². The predicted octanol–water partition coefficient (Wildman–Crippen LogP) is 3.98. The summed E-state index contributed by atoms with van der Waals surface area (Å²) in [6.45, 7) is 0.757. The smallest absolute Gasteiger partial charge is 0.169 e. The molecule has 0 aromatic heterocycles. The lowest BCUT2D eigenvalue weighted by Crippen LogP contribution is -2.43. The first-order valence-electron chi connectivity index (χ1n) is 6.92. The van der Waals surface area contributed by atoms with Crippen molar-refractivity contribution in [2.45, 2.75) is 44.7 Å². The van der Waals surface area contributed by atoms with Crippen LogP contribution < -0.4 is 5.32 Å². The maximum Gasteiger partial charge on any atom is 0.169 e. The minimum Gasteiger partial charge on any atom is -0.358 e. The molecule has 1 aliphatic carbocycles. The number of benzene rings is 1. The monoisotopic (exact) mass is 296 g/mol. The van der Waals surface area contributed by atoms with Gasteiger partial charge in [-0.15, -0.1) is 0 Å². The first-order chi connectivity index (χ1) is 9.16. The molecule has 1 aromatic rings. The van der Waals surface area contributed by atoms with Crippen LogP contribution in [0.1, 0.15) is 37.7 Å². The first-order valence-corrected chi connectivity index (χ1v) is 7.70. The van der Waals surface area contributed by atoms with E-state index >= 15 is 0 Å². The Labute approximate surface area is 126 Å². The summed E-state index contributed by atoms with van der Waals surface area (Å²) in [6, 6.07) is 8.48. The SMILES string of the molecule is CN(C(=S)NCc1ccc(Cl)cc1)C1CCCCC1. The maximum atomic E-state index is 5.87. The van der Waals surface area contributed by atoms with Gasteiger partial charge in [0.25, 0.3) is 0 Å². The van der Waals surface area contributed by atoms with Crippen molar-refractivity contribution in [3.63, 3.8) is 0 Å². The zero-order chi connectivity index (χ0) is 13.7. The number of hydrogen-bond acceptors (Lipinski definition) is 1. The third kappa shape index (κ3) is 4.36. The van der Waals surface area contributed by atoms with Gasteiger partial charge in [-0.05, 0) is 42.8 Å². The normalized spacial score (nSPS) is 16.1. The number of thiocarbonyl (C=S) groups is 1. The number of nitrogens with one attached hydrogen (secondary N) is 1. The molecule has 0 heterocycles. The van der Waals surface area contributed by atoms with Crippen LogP contribution in [-0.2, 0) is 6.54 Å². The minimum absolute atomic E-state index is 0.610. The van der Waals surface area contributed by atoms with E-state index in [-0.39, 0.29) is 0 Å². The molecule has 1 saturated carbocycles. The highest BCUT2D eigenvalue weighted by Crippen LogP contribution is 2.21. The van der Waals surface area contributed by atoms with Gasteiger partial charge in [0.05, 0.1) is 0 Å². The second-order valence-electron chi connectivity index (χ2n) is 5.19. The molecule has 0 spiro atoms. The molecule has 104 valence electrons. The Hall–Kier alpha value is -0.800. The van der Waals surface area contributed by atoms with Crippen molar-refractivity contribution in [2.24, 2.45) is 0 Å². The summed E-state index contributed by atoms with van der Waals surface area (Å²) in [5.74, 6) is 0. The maximum absolute atomic E-state index is 5.87. The van der Waals surface area contributed by atoms with Gasteiger partial charge in [-0.25, -0.2) is 0 Å². The molecule has 2 nitrogen and oxygen atoms in total. The van der Waals surface area contributed by atoms with E-state index in [1.165, 1.54) is 37.7 Å². The van der Waals surface area contributed by atoms with Gasteiger partial charge in [0.1, 0.15) is 0 Å². The van der Waals surface area contributed by atoms with E-state index in [0.29, 0.717) is 6.04 Å². The van der Waals surface area contributed by atoms with Gasteiger partial charge >= 0.3 is 0 Å². The van der Waals surface area contributed by atoms with Gasteiger partial charge in [0, 0.05) is 24.7 Å². The molecule has 0 aliphatic heterocycles. The quantitative estimate of drug-likeness (QED) is 0.850. The van der Waals surface area contributed by atoms with E-state index in [1.807, 2.05) is 24.3 Å². The summed E-state index contributed by atoms with van der Waals surface area (Å²) in [5, 5.41) is 4.95. The molecule has 0 atom stereocenters. The standard InChI is InChI=1S/C15H21ClN2S/c1-18(14-5-3-2-4-6-14)15(19)17-11-12-7-9-13(16)10-8-12/h7-10,14H,2-6,11H2,1H3,(H,17,19). The van der Waals surface area contributed by atoms with Crippen molar-refractivity contribution in [2.75, 3.05) is 7.05 Å². The summed E-state index contributed by atoms with van der Waals surface area (Å²) in [6.07, 6.45) is 6.55. The van der Waals surface area contributed by atoms with Gasteiger partial charge in [-0.3, -0.25) is 0 Å². The lowest BCUT2D eigenvalue weighted by Gasteiger charge is -2.33. The van der Waals surface area contributed by atoms with Gasteiger partial charge in [-0.2, -0.15) is 0 Å². The summed E-state index contributed by atoms with van der Waals surface area (Å²) in [4.78, 5) is 2.23. The molecule has 1 aromatic carbocycles. The van der Waals surface area contributed by atoms with Crippen LogP contribution in [0.3, 0.4) is 0 Å². The number of halogens is 1. The average Bonchev–Trinajstić information content (AvgIpc) is 2.46. The zero-order valence-corrected chi connectivity index (χ0v) is 12.9. The number of rotatable bonds is 3. The number of hydrogen-bond donors (Lipinski definition) is 1. The van der Waals surface area contributed by atoms with E-state index in [9.17, 15) is 0 Å². The Morgan fingerprint density at radius 1 is 1.26 bits per heavy atom. The van der Waals surface area contributed by atoms with Gasteiger partial charge in [-0.1, -0.05) is 43.0 Å². The lowest BCUT2D eigenvalue weighted by molar-refractivity contribution is 0.276. The molecule has 1 N–H and O–H groups in total. The Morgan fingerprint density at radius 3 is 2.53 bits per heavy atom. The predicted molar refractivity (Wildman–Crippen MR) is 85.5 cm³/mol. The Bertz CT molecular complexity index is 413. The third-order valence-electron chi connectivity index (χ3n) is 3.80. The van der Waals surface area contributed by atoms with Crippen LogP contribution >= 0.6 is 23.8 Å². The van der Waals surface area contributed by atoms with Crippen LogP contribution in [0.4, 0.5) is 0 Å². The average molecular weight is 297 g/mol. The van der Waals surface area contributed by atoms with Gasteiger partial charge in [0.15, 0.2) is 5.11 Å². The summed E-state index contributed by atoms with van der Waals surface area (Å²) < 4.78 is 0. The molecule has 1 fully saturated rings. The molecular formula is C15H21ClN2S. The fourth-order valence-corrected chi connectivity index (χ4v) is 2.89. The Morgan fingerprint density at radius 2 is 1.89 bits per heavy atom. The molecule has 0 bridgehead atoms. The Kier molecular flexibility index (Phi) is 5.46. The van der Waals surface area contributed by atoms with Crippen LogP contribution in [0.15, 0.2) is 24.3 Å². The van der Waals surface area contributed by atoms with E-state index in [4.69, 9.17) is 23.8 Å². The highest BCUT2D eigenvalue weighted by molar-refractivity contribution is 7.80. The second kappa shape index (κ2) is 7.11. The molecule has 1 aliphatic rings. The zero-order valence-electron chi connectivity index (χ0n) is 11.4. The van der Waals surface area contributed by atoms with Crippen LogP contribution in [0.5, 0.6) is 0 Å². The lowest BCUT2D eigenvalue weighted by atomic mass is 9.95. The van der Waals surface area contributed by atoms with Crippen LogP contribution in [0.2, 0.25) is 5.02 Å². The second-order valence-corrected chi connectivity index (χ2v) is 6.01. The van der Waals surface area contributed by atoms with Crippen molar-refractivity contribution in [3.8, 4) is 0 Å². The molecule has 0 saturated heterocycles. The summed E-state index contributed by atoms with van der Waals surface area (Å²) in [7, 11) is 2.10. The van der Waals surface area contributed by atoms with E-state index < -0.39 is 0 Å². The molecule has 4 heteroatoms. The van der Waals surface area contributed by atoms with Crippen molar-refractivity contribution >= 4 is 28.9 Å². The van der Waals surface area contributed by atoms with Crippen LogP contribution in [-0.4, -0.2) is 23.1 Å². The molecule has 19 heavy (non-hydrogen) atoms. The summed E-state index contributed by atoms with van der Waals surface area (Å²) in [5.41, 5.74) is 1.20. The topological polar surface area (TPSA) is 15.3 Å². The molecule has 0 radical (unpaired) electrons. The fourth-order valence-electron chi connectivity index (χ4n) is 2.54. The van der Waals surface area contributed by atoms with E-state index in [2.05, 4.69) is 17.3 Å². The summed E-state index contributed by atoms with van der Waals surface area (Å²) >= 11 is 11.3. The van der Waals surface area contributed by atoms with Crippen LogP contribution in [0, 0.1) is 0 Å². The van der Waals surface area contributed by atoms with Crippen molar-refractivity contribution < 1.29 is 0 Å². The molecule has 0 amide bonds. The highest BCUT2D eigenvalue weighted by atomic mass is 35.5. The first kappa shape index (κ1) is 14.6. The molecule has 2 rings (SSSR count). The van der Waals surface area contributed by atoms with Gasteiger partial charge in [0.2, 0.25) is 0 Å². The van der Waals surface area contributed by atoms with Crippen molar-refractivity contribution in [1.29, 1.82) is 0 Å². The van der Waals surface area contributed by atoms with Crippen molar-refractivity contribution in [3.05, 3.63) is 34.9 Å². The highest BCUT2D eigenvalue weighted by Gasteiger charge is 2.19. The largest absolute Gasteiger partial charge is 0.358 e. The van der Waals surface area contributed by atoms with E-state index in [1.54, 1.807) is 0 Å². The molecule has 0 unspecified atom stereocenters. The van der Waals surface area contributed by atoms with E-state index in [0.717, 1.165) is 16.7 Å². The molecular weight excluding hydrogens is 276 g/mol. The third-order valence-corrected chi connectivity index (χ3v) is 4.48. The number of nitrogens with zero attached hydrogens (tertiary/aromatic N) is 1.